The molecule has 0 spiro atoms. The van der Waals surface area contributed by atoms with Gasteiger partial charge in [-0.1, -0.05) is 54.2 Å². The Labute approximate surface area is 123 Å². The fourth-order valence-corrected chi connectivity index (χ4v) is 2.26. The van der Waals surface area contributed by atoms with Crippen molar-refractivity contribution in [1.29, 1.82) is 0 Å². The highest BCUT2D eigenvalue weighted by atomic mass is 35.5. The monoisotopic (exact) mass is 290 g/mol. The van der Waals surface area contributed by atoms with Crippen LogP contribution in [0.15, 0.2) is 48.5 Å². The molecule has 2 rings (SSSR count). The predicted molar refractivity (Wildman–Crippen MR) is 85.8 cm³/mol. The van der Waals surface area contributed by atoms with Crippen LogP contribution in [0.25, 0.3) is 0 Å². The molecule has 0 amide bonds. The van der Waals surface area contributed by atoms with E-state index >= 15 is 0 Å². The van der Waals surface area contributed by atoms with Gasteiger partial charge in [-0.3, -0.25) is 0 Å². The lowest BCUT2D eigenvalue weighted by Gasteiger charge is -2.18. The molecule has 0 aromatic heterocycles. The molecule has 2 nitrogen and oxygen atoms in total. The molecule has 2 aromatic carbocycles. The highest BCUT2D eigenvalue weighted by Gasteiger charge is 2.10. The lowest BCUT2D eigenvalue weighted by Crippen LogP contribution is -2.15. The van der Waals surface area contributed by atoms with Gasteiger partial charge in [-0.2, -0.15) is 0 Å². The number of nitrogens with two attached hydrogens (primary N) is 1. The van der Waals surface area contributed by atoms with E-state index in [1.807, 2.05) is 30.3 Å². The third-order valence-corrected chi connectivity index (χ3v) is 3.37. The normalized spacial score (nSPS) is 11.9. The second kappa shape index (κ2) is 6.04. The minimum atomic E-state index is 0.146. The van der Waals surface area contributed by atoms with E-state index in [0.717, 1.165) is 11.3 Å². The number of halogens is 1. The minimum Gasteiger partial charge on any atom is -0.389 e. The van der Waals surface area contributed by atoms with Gasteiger partial charge in [-0.05, 0) is 30.7 Å². The number of rotatable bonds is 4. The molecule has 0 aliphatic carbocycles. The van der Waals surface area contributed by atoms with E-state index in [1.165, 1.54) is 5.56 Å². The van der Waals surface area contributed by atoms with Gasteiger partial charge in [0.05, 0.1) is 0 Å². The summed E-state index contributed by atoms with van der Waals surface area (Å²) in [6.07, 6.45) is 0. The van der Waals surface area contributed by atoms with Gasteiger partial charge >= 0.3 is 0 Å². The average Bonchev–Trinajstić information content (AvgIpc) is 2.39. The molecule has 19 heavy (non-hydrogen) atoms. The number of nitrogens with one attached hydrogen (secondary N) is 1. The maximum atomic E-state index is 6.03. The smallest absolute Gasteiger partial charge is 0.106 e. The molecule has 1 atom stereocenters. The molecule has 0 bridgehead atoms. The van der Waals surface area contributed by atoms with Crippen molar-refractivity contribution in [3.8, 4) is 0 Å². The van der Waals surface area contributed by atoms with Gasteiger partial charge in [0, 0.05) is 22.3 Å². The summed E-state index contributed by atoms with van der Waals surface area (Å²) in [7, 11) is 0. The van der Waals surface area contributed by atoms with Crippen molar-refractivity contribution in [3.63, 3.8) is 0 Å². The molecule has 0 saturated heterocycles. The Balaban J connectivity index is 2.28. The lowest BCUT2D eigenvalue weighted by atomic mass is 10.1. The Morgan fingerprint density at radius 2 is 1.89 bits per heavy atom. The number of hydrogen-bond acceptors (Lipinski definition) is 2. The Bertz CT molecular complexity index is 584. The van der Waals surface area contributed by atoms with E-state index in [4.69, 9.17) is 29.6 Å². The predicted octanol–water partition coefficient (Wildman–Crippen LogP) is 4.15. The first-order chi connectivity index (χ1) is 9.08. The lowest BCUT2D eigenvalue weighted by molar-refractivity contribution is 0.884. The number of anilines is 1. The maximum absolute atomic E-state index is 6.03. The summed E-state index contributed by atoms with van der Waals surface area (Å²) < 4.78 is 0. The summed E-state index contributed by atoms with van der Waals surface area (Å²) in [5, 5.41) is 4.05. The van der Waals surface area contributed by atoms with Crippen molar-refractivity contribution < 1.29 is 0 Å². The quantitative estimate of drug-likeness (QED) is 0.831. The molecule has 0 fully saturated rings. The molecule has 1 unspecified atom stereocenters. The summed E-state index contributed by atoms with van der Waals surface area (Å²) in [6.45, 7) is 2.08. The zero-order chi connectivity index (χ0) is 13.8. The summed E-state index contributed by atoms with van der Waals surface area (Å²) in [5.74, 6) is 0. The van der Waals surface area contributed by atoms with Crippen molar-refractivity contribution >= 4 is 34.5 Å². The first-order valence-corrected chi connectivity index (χ1v) is 6.77. The van der Waals surface area contributed by atoms with Gasteiger partial charge in [0.15, 0.2) is 0 Å². The van der Waals surface area contributed by atoms with Gasteiger partial charge in [0.1, 0.15) is 4.99 Å². The molecular weight excluding hydrogens is 276 g/mol. The van der Waals surface area contributed by atoms with Crippen LogP contribution >= 0.6 is 23.8 Å². The molecule has 0 heterocycles. The van der Waals surface area contributed by atoms with Gasteiger partial charge in [0.25, 0.3) is 0 Å². The van der Waals surface area contributed by atoms with Crippen LogP contribution in [0.1, 0.15) is 24.1 Å². The van der Waals surface area contributed by atoms with Gasteiger partial charge < -0.3 is 11.1 Å². The van der Waals surface area contributed by atoms with Crippen LogP contribution in [0.4, 0.5) is 5.69 Å². The molecule has 2 aromatic rings. The van der Waals surface area contributed by atoms with Crippen LogP contribution in [0, 0.1) is 0 Å². The number of benzene rings is 2. The van der Waals surface area contributed by atoms with E-state index in [-0.39, 0.29) is 6.04 Å². The van der Waals surface area contributed by atoms with Gasteiger partial charge in [0.2, 0.25) is 0 Å². The van der Waals surface area contributed by atoms with Gasteiger partial charge in [-0.25, -0.2) is 0 Å². The first-order valence-electron chi connectivity index (χ1n) is 5.99. The Hall–Kier alpha value is -1.58. The molecular formula is C15H15ClN2S. The Morgan fingerprint density at radius 1 is 1.21 bits per heavy atom. The summed E-state index contributed by atoms with van der Waals surface area (Å²) in [4.78, 5) is 0.361. The molecule has 4 heteroatoms. The zero-order valence-electron chi connectivity index (χ0n) is 10.6. The van der Waals surface area contributed by atoms with E-state index in [9.17, 15) is 0 Å². The van der Waals surface area contributed by atoms with E-state index in [0.29, 0.717) is 10.0 Å². The molecule has 3 N–H and O–H groups in total. The van der Waals surface area contributed by atoms with Crippen molar-refractivity contribution in [1.82, 2.24) is 0 Å². The van der Waals surface area contributed by atoms with Crippen LogP contribution in [-0.2, 0) is 0 Å². The minimum absolute atomic E-state index is 0.146. The molecule has 0 aliphatic rings. The highest BCUT2D eigenvalue weighted by molar-refractivity contribution is 7.80. The Kier molecular flexibility index (Phi) is 4.40. The third kappa shape index (κ3) is 3.46. The standard InChI is InChI=1S/C15H15ClN2S/c1-10(11-5-3-2-4-6-11)18-14-9-12(16)7-8-13(14)15(17)19/h2-10,18H,1H3,(H2,17,19). The van der Waals surface area contributed by atoms with Crippen molar-refractivity contribution in [2.45, 2.75) is 13.0 Å². The third-order valence-electron chi connectivity index (χ3n) is 2.92. The topological polar surface area (TPSA) is 38.0 Å². The fourth-order valence-electron chi connectivity index (χ4n) is 1.91. The number of hydrogen-bond donors (Lipinski definition) is 2. The maximum Gasteiger partial charge on any atom is 0.106 e. The molecule has 98 valence electrons. The second-order valence-corrected chi connectivity index (χ2v) is 5.21. The van der Waals surface area contributed by atoms with Crippen LogP contribution < -0.4 is 11.1 Å². The fraction of sp³-hybridized carbons (Fsp3) is 0.133. The SMILES string of the molecule is CC(Nc1cc(Cl)ccc1C(N)=S)c1ccccc1. The summed E-state index contributed by atoms with van der Waals surface area (Å²) >= 11 is 11.1. The zero-order valence-corrected chi connectivity index (χ0v) is 12.1. The van der Waals surface area contributed by atoms with Crippen LogP contribution in [0.3, 0.4) is 0 Å². The van der Waals surface area contributed by atoms with Crippen LogP contribution in [0.2, 0.25) is 5.02 Å². The van der Waals surface area contributed by atoms with Gasteiger partial charge in [-0.15, -0.1) is 0 Å². The van der Waals surface area contributed by atoms with Crippen molar-refractivity contribution in [2.24, 2.45) is 5.73 Å². The summed E-state index contributed by atoms with van der Waals surface area (Å²) in [6, 6.07) is 15.8. The molecule has 0 saturated carbocycles. The molecule has 0 radical (unpaired) electrons. The first kappa shape index (κ1) is 13.8. The Morgan fingerprint density at radius 3 is 2.53 bits per heavy atom. The highest BCUT2D eigenvalue weighted by Crippen LogP contribution is 2.25. The van der Waals surface area contributed by atoms with E-state index < -0.39 is 0 Å². The second-order valence-electron chi connectivity index (χ2n) is 4.33. The van der Waals surface area contributed by atoms with E-state index in [2.05, 4.69) is 24.4 Å². The average molecular weight is 291 g/mol. The van der Waals surface area contributed by atoms with Crippen molar-refractivity contribution in [2.75, 3.05) is 5.32 Å². The largest absolute Gasteiger partial charge is 0.389 e. The van der Waals surface area contributed by atoms with Crippen LogP contribution in [0.5, 0.6) is 0 Å². The summed E-state index contributed by atoms with van der Waals surface area (Å²) in [5.41, 5.74) is 8.58. The van der Waals surface area contributed by atoms with Crippen molar-refractivity contribution in [3.05, 3.63) is 64.7 Å². The van der Waals surface area contributed by atoms with Crippen LogP contribution in [-0.4, -0.2) is 4.99 Å². The van der Waals surface area contributed by atoms with E-state index in [1.54, 1.807) is 6.07 Å². The number of thiocarbonyl (C=S) groups is 1. The molecule has 0 aliphatic heterocycles.